The van der Waals surface area contributed by atoms with Gasteiger partial charge in [-0.3, -0.25) is 0 Å². The van der Waals surface area contributed by atoms with Crippen molar-refractivity contribution in [3.63, 3.8) is 0 Å². The van der Waals surface area contributed by atoms with Gasteiger partial charge in [-0.05, 0) is 36.1 Å². The number of anilines is 1. The summed E-state index contributed by atoms with van der Waals surface area (Å²) in [5.41, 5.74) is 11.6. The SMILES string of the molecule is CNCc1ccnc(-c2[c-]ccc(C)c2C)c1.Cc1cc[c-]c(-c2cc(N(C)C)ccn2)c1C.[Pt+2]. The van der Waals surface area contributed by atoms with Crippen LogP contribution in [0.15, 0.2) is 60.9 Å². The maximum absolute atomic E-state index is 4.44. The molecule has 5 heteroatoms. The van der Waals surface area contributed by atoms with Crippen LogP contribution in [0.1, 0.15) is 27.8 Å². The predicted octanol–water partition coefficient (Wildman–Crippen LogP) is 6.11. The van der Waals surface area contributed by atoms with Crippen LogP contribution < -0.4 is 10.2 Å². The maximum atomic E-state index is 4.44. The molecule has 0 unspecified atom stereocenters. The average molecular weight is 646 g/mol. The summed E-state index contributed by atoms with van der Waals surface area (Å²) in [5, 5.41) is 3.15. The number of rotatable bonds is 5. The van der Waals surface area contributed by atoms with E-state index in [1.165, 1.54) is 27.8 Å². The summed E-state index contributed by atoms with van der Waals surface area (Å²) < 4.78 is 0. The molecular formula is C30H34N4Pt. The van der Waals surface area contributed by atoms with Crippen molar-refractivity contribution in [3.05, 3.63) is 101 Å². The molecule has 1 N–H and O–H groups in total. The van der Waals surface area contributed by atoms with Crippen molar-refractivity contribution < 1.29 is 21.1 Å². The van der Waals surface area contributed by atoms with Gasteiger partial charge in [0.2, 0.25) is 0 Å². The van der Waals surface area contributed by atoms with Crippen molar-refractivity contribution in [1.29, 1.82) is 0 Å². The van der Waals surface area contributed by atoms with E-state index >= 15 is 0 Å². The van der Waals surface area contributed by atoms with Gasteiger partial charge in [0.25, 0.3) is 0 Å². The molecule has 4 aromatic rings. The Morgan fingerprint density at radius 1 is 0.771 bits per heavy atom. The molecule has 2 aromatic carbocycles. The van der Waals surface area contributed by atoms with Gasteiger partial charge in [0.15, 0.2) is 0 Å². The summed E-state index contributed by atoms with van der Waals surface area (Å²) in [6.45, 7) is 9.33. The largest absolute Gasteiger partial charge is 2.00 e. The molecule has 4 rings (SSSR count). The van der Waals surface area contributed by atoms with Gasteiger partial charge in [0, 0.05) is 38.7 Å². The zero-order valence-electron chi connectivity index (χ0n) is 21.6. The first-order valence-electron chi connectivity index (χ1n) is 11.5. The third kappa shape index (κ3) is 7.33. The van der Waals surface area contributed by atoms with Crippen molar-refractivity contribution in [2.24, 2.45) is 0 Å². The molecule has 2 aromatic heterocycles. The minimum Gasteiger partial charge on any atom is -0.378 e. The number of benzene rings is 2. The fraction of sp³-hybridized carbons (Fsp3) is 0.267. The Labute approximate surface area is 225 Å². The van der Waals surface area contributed by atoms with Crippen LogP contribution in [0.4, 0.5) is 5.69 Å². The third-order valence-electron chi connectivity index (χ3n) is 6.03. The van der Waals surface area contributed by atoms with Gasteiger partial charge in [-0.25, -0.2) is 0 Å². The second-order valence-corrected chi connectivity index (χ2v) is 8.69. The number of aryl methyl sites for hydroxylation is 2. The summed E-state index contributed by atoms with van der Waals surface area (Å²) in [5.74, 6) is 0. The van der Waals surface area contributed by atoms with E-state index in [-0.39, 0.29) is 21.1 Å². The van der Waals surface area contributed by atoms with Gasteiger partial charge < -0.3 is 20.2 Å². The molecule has 0 spiro atoms. The van der Waals surface area contributed by atoms with Gasteiger partial charge >= 0.3 is 21.1 Å². The molecule has 4 nitrogen and oxygen atoms in total. The number of aromatic nitrogens is 2. The molecule has 0 bridgehead atoms. The summed E-state index contributed by atoms with van der Waals surface area (Å²) >= 11 is 0. The van der Waals surface area contributed by atoms with Gasteiger partial charge in [0.1, 0.15) is 0 Å². The fourth-order valence-corrected chi connectivity index (χ4v) is 3.65. The molecule has 2 heterocycles. The van der Waals surface area contributed by atoms with E-state index in [4.69, 9.17) is 0 Å². The van der Waals surface area contributed by atoms with Crippen LogP contribution in [0.3, 0.4) is 0 Å². The van der Waals surface area contributed by atoms with Crippen LogP contribution in [0.5, 0.6) is 0 Å². The average Bonchev–Trinajstić information content (AvgIpc) is 2.83. The van der Waals surface area contributed by atoms with Crippen LogP contribution in [-0.2, 0) is 27.6 Å². The normalized spacial score (nSPS) is 10.1. The van der Waals surface area contributed by atoms with Crippen LogP contribution in [0.25, 0.3) is 22.5 Å². The first-order chi connectivity index (χ1) is 16.3. The van der Waals surface area contributed by atoms with Crippen molar-refractivity contribution in [1.82, 2.24) is 15.3 Å². The van der Waals surface area contributed by atoms with Crippen LogP contribution >= 0.6 is 0 Å². The summed E-state index contributed by atoms with van der Waals surface area (Å²) in [6.07, 6.45) is 3.71. The van der Waals surface area contributed by atoms with Crippen LogP contribution in [0, 0.1) is 39.8 Å². The number of pyridine rings is 2. The Morgan fingerprint density at radius 3 is 1.80 bits per heavy atom. The minimum atomic E-state index is 0. The van der Waals surface area contributed by atoms with Gasteiger partial charge in [-0.15, -0.1) is 69.8 Å². The third-order valence-corrected chi connectivity index (χ3v) is 6.03. The molecule has 0 aliphatic carbocycles. The topological polar surface area (TPSA) is 41.1 Å². The standard InChI is InChI=1S/2C15H17N2.Pt/c1-11-6-5-7-14(12(11)2)15-10-13(17(3)4)8-9-16-15;1-11-5-4-6-14(12(11)2)15-9-13(10-16-3)7-8-17-15;/h5-6,8-10H,1-4H3;4-5,7-9,16H,10H2,1-3H3;/q2*-1;+2. The Bertz CT molecular complexity index is 1250. The van der Waals surface area contributed by atoms with Gasteiger partial charge in [0.05, 0.1) is 0 Å². The van der Waals surface area contributed by atoms with Crippen molar-refractivity contribution in [2.45, 2.75) is 34.2 Å². The smallest absolute Gasteiger partial charge is 0.378 e. The van der Waals surface area contributed by atoms with E-state index in [9.17, 15) is 0 Å². The summed E-state index contributed by atoms with van der Waals surface area (Å²) in [4.78, 5) is 11.0. The molecule has 184 valence electrons. The van der Waals surface area contributed by atoms with E-state index < -0.39 is 0 Å². The van der Waals surface area contributed by atoms with Crippen molar-refractivity contribution >= 4 is 5.69 Å². The van der Waals surface area contributed by atoms with Crippen LogP contribution in [-0.4, -0.2) is 31.1 Å². The predicted molar refractivity (Wildman–Crippen MR) is 143 cm³/mol. The summed E-state index contributed by atoms with van der Waals surface area (Å²) in [6, 6.07) is 22.9. The Kier molecular flexibility index (Phi) is 10.8. The molecule has 0 radical (unpaired) electrons. The maximum Gasteiger partial charge on any atom is 2.00 e. The Balaban J connectivity index is 0.000000240. The molecule has 0 saturated heterocycles. The molecule has 0 aliphatic rings. The van der Waals surface area contributed by atoms with E-state index in [1.807, 2.05) is 57.8 Å². The molecule has 0 saturated carbocycles. The number of nitrogens with zero attached hydrogens (tertiary/aromatic N) is 3. The molecule has 0 aliphatic heterocycles. The fourth-order valence-electron chi connectivity index (χ4n) is 3.65. The molecule has 35 heavy (non-hydrogen) atoms. The number of hydrogen-bond acceptors (Lipinski definition) is 4. The molecule has 0 atom stereocenters. The Hall–Kier alpha value is -2.81. The minimum absolute atomic E-state index is 0. The van der Waals surface area contributed by atoms with E-state index in [0.717, 1.165) is 34.7 Å². The van der Waals surface area contributed by atoms with Gasteiger partial charge in [-0.2, -0.15) is 0 Å². The quantitative estimate of drug-likeness (QED) is 0.266. The molecular weight excluding hydrogens is 611 g/mol. The summed E-state index contributed by atoms with van der Waals surface area (Å²) in [7, 11) is 6.02. The first-order valence-corrected chi connectivity index (χ1v) is 11.5. The first kappa shape index (κ1) is 28.4. The molecule has 0 amide bonds. The monoisotopic (exact) mass is 645 g/mol. The second kappa shape index (κ2) is 13.3. The zero-order valence-corrected chi connectivity index (χ0v) is 23.9. The van der Waals surface area contributed by atoms with Crippen molar-refractivity contribution in [3.8, 4) is 22.5 Å². The number of hydrogen-bond donors (Lipinski definition) is 1. The molecule has 0 fully saturated rings. The number of nitrogens with one attached hydrogen (secondary N) is 1. The second-order valence-electron chi connectivity index (χ2n) is 8.69. The van der Waals surface area contributed by atoms with Crippen molar-refractivity contribution in [2.75, 3.05) is 26.0 Å². The van der Waals surface area contributed by atoms with E-state index in [0.29, 0.717) is 0 Å². The zero-order chi connectivity index (χ0) is 24.7. The van der Waals surface area contributed by atoms with E-state index in [2.05, 4.69) is 84.3 Å². The van der Waals surface area contributed by atoms with Crippen LogP contribution in [0.2, 0.25) is 0 Å². The van der Waals surface area contributed by atoms with E-state index in [1.54, 1.807) is 0 Å². The van der Waals surface area contributed by atoms with Gasteiger partial charge in [-0.1, -0.05) is 39.8 Å². The Morgan fingerprint density at radius 2 is 1.29 bits per heavy atom.